The van der Waals surface area contributed by atoms with Crippen LogP contribution in [-0.2, 0) is 10.0 Å². The van der Waals surface area contributed by atoms with Gasteiger partial charge < -0.3 is 9.15 Å². The lowest BCUT2D eigenvalue weighted by atomic mass is 10.0. The number of ether oxygens (including phenoxy) is 1. The molecule has 27 heavy (non-hydrogen) atoms. The van der Waals surface area contributed by atoms with Gasteiger partial charge in [0.2, 0.25) is 10.0 Å². The molecule has 3 heterocycles. The highest BCUT2D eigenvalue weighted by Crippen LogP contribution is 2.38. The minimum atomic E-state index is -3.61. The van der Waals surface area contributed by atoms with Crippen molar-refractivity contribution in [3.63, 3.8) is 0 Å². The number of hydrogen-bond acceptors (Lipinski definition) is 6. The second kappa shape index (κ2) is 6.54. The Morgan fingerprint density at radius 1 is 1.30 bits per heavy atom. The molecule has 1 aliphatic rings. The van der Waals surface area contributed by atoms with E-state index in [4.69, 9.17) is 20.8 Å². The number of aromatic nitrogens is 1. The highest BCUT2D eigenvalue weighted by atomic mass is 35.5. The highest BCUT2D eigenvalue weighted by Gasteiger charge is 2.37. The van der Waals surface area contributed by atoms with Crippen LogP contribution in [0.4, 0.5) is 0 Å². The molecule has 2 aromatic heterocycles. The molecular weight excluding hydrogens is 390 g/mol. The fourth-order valence-corrected chi connectivity index (χ4v) is 4.29. The molecule has 7 nitrogen and oxygen atoms in total. The van der Waals surface area contributed by atoms with Crippen LogP contribution in [0.25, 0.3) is 10.9 Å². The third-order valence-electron chi connectivity index (χ3n) is 4.38. The molecule has 0 spiro atoms. The average Bonchev–Trinajstić information content (AvgIpc) is 3.29. The second-order valence-corrected chi connectivity index (χ2v) is 8.40. The molecule has 0 amide bonds. The number of fused-ring (bicyclic) bond motifs is 1. The zero-order chi connectivity index (χ0) is 19.2. The van der Waals surface area contributed by atoms with E-state index in [0.717, 1.165) is 16.1 Å². The van der Waals surface area contributed by atoms with Crippen LogP contribution in [0.1, 0.15) is 23.8 Å². The molecule has 140 valence electrons. The fourth-order valence-electron chi connectivity index (χ4n) is 3.13. The van der Waals surface area contributed by atoms with Gasteiger partial charge in [0, 0.05) is 17.4 Å². The summed E-state index contributed by atoms with van der Waals surface area (Å²) in [4.78, 5) is 4.41. The lowest BCUT2D eigenvalue weighted by molar-refractivity contribution is 0.374. The van der Waals surface area contributed by atoms with E-state index >= 15 is 0 Å². The summed E-state index contributed by atoms with van der Waals surface area (Å²) < 4.78 is 36.3. The summed E-state index contributed by atoms with van der Waals surface area (Å²) in [6.45, 7) is 0. The van der Waals surface area contributed by atoms with Gasteiger partial charge in [-0.2, -0.15) is 9.52 Å². The first-order valence-electron chi connectivity index (χ1n) is 8.12. The molecule has 0 radical (unpaired) electrons. The Balaban J connectivity index is 1.82. The van der Waals surface area contributed by atoms with Crippen molar-refractivity contribution < 1.29 is 17.6 Å². The van der Waals surface area contributed by atoms with Crippen LogP contribution in [0.5, 0.6) is 5.75 Å². The van der Waals surface area contributed by atoms with E-state index in [0.29, 0.717) is 34.7 Å². The van der Waals surface area contributed by atoms with Crippen LogP contribution in [-0.4, -0.2) is 36.9 Å². The third-order valence-corrected chi connectivity index (χ3v) is 5.70. The van der Waals surface area contributed by atoms with E-state index < -0.39 is 16.1 Å². The van der Waals surface area contributed by atoms with E-state index in [9.17, 15) is 8.42 Å². The monoisotopic (exact) mass is 405 g/mol. The molecule has 0 bridgehead atoms. The van der Waals surface area contributed by atoms with Gasteiger partial charge in [-0.05, 0) is 36.4 Å². The Labute approximate surface area is 161 Å². The predicted octanol–water partition coefficient (Wildman–Crippen LogP) is 3.60. The zero-order valence-corrected chi connectivity index (χ0v) is 16.2. The number of halogens is 1. The van der Waals surface area contributed by atoms with Crippen molar-refractivity contribution in [2.45, 2.75) is 12.5 Å². The molecule has 0 aliphatic carbocycles. The first kappa shape index (κ1) is 17.8. The topological polar surface area (TPSA) is 85.0 Å². The van der Waals surface area contributed by atoms with E-state index in [1.165, 1.54) is 6.26 Å². The van der Waals surface area contributed by atoms with Crippen molar-refractivity contribution in [2.24, 2.45) is 5.10 Å². The van der Waals surface area contributed by atoms with Gasteiger partial charge in [0.05, 0.1) is 31.2 Å². The molecule has 9 heteroatoms. The van der Waals surface area contributed by atoms with Crippen molar-refractivity contribution in [2.75, 3.05) is 13.4 Å². The maximum atomic E-state index is 12.3. The SMILES string of the molecule is COc1ccc2nc(Cl)c(C3CC(c4ccco4)=NN3S(C)(=O)=O)cc2c1. The first-order chi connectivity index (χ1) is 12.9. The molecule has 1 aliphatic heterocycles. The molecule has 1 atom stereocenters. The maximum absolute atomic E-state index is 12.3. The Hall–Kier alpha value is -2.58. The van der Waals surface area contributed by atoms with E-state index in [1.54, 1.807) is 31.4 Å². The fraction of sp³-hybridized carbons (Fsp3) is 0.222. The van der Waals surface area contributed by atoms with Crippen molar-refractivity contribution >= 4 is 38.2 Å². The lowest BCUT2D eigenvalue weighted by Gasteiger charge is -2.22. The summed E-state index contributed by atoms with van der Waals surface area (Å²) in [6.07, 6.45) is 2.96. The smallest absolute Gasteiger partial charge is 0.247 e. The summed E-state index contributed by atoms with van der Waals surface area (Å²) in [7, 11) is -2.03. The molecule has 1 aromatic carbocycles. The molecule has 0 fully saturated rings. The van der Waals surface area contributed by atoms with Crippen molar-refractivity contribution in [3.8, 4) is 5.75 Å². The standard InChI is InChI=1S/C18H16ClN3O4S/c1-25-12-5-6-14-11(8-12)9-13(18(19)20-14)16-10-15(17-4-3-7-26-17)21-22(16)27(2,23)24/h3-9,16H,10H2,1-2H3. The number of rotatable bonds is 4. The zero-order valence-electron chi connectivity index (χ0n) is 14.6. The number of benzene rings is 1. The number of hydrogen-bond donors (Lipinski definition) is 0. The number of sulfonamides is 1. The van der Waals surface area contributed by atoms with E-state index in [2.05, 4.69) is 10.1 Å². The summed E-state index contributed by atoms with van der Waals surface area (Å²) in [5.41, 5.74) is 1.81. The minimum Gasteiger partial charge on any atom is -0.497 e. The van der Waals surface area contributed by atoms with E-state index in [1.807, 2.05) is 12.1 Å². The van der Waals surface area contributed by atoms with E-state index in [-0.39, 0.29) is 5.15 Å². The Morgan fingerprint density at radius 3 is 2.78 bits per heavy atom. The van der Waals surface area contributed by atoms with Crippen molar-refractivity contribution in [1.29, 1.82) is 0 Å². The Bertz CT molecular complexity index is 1140. The quantitative estimate of drug-likeness (QED) is 0.619. The molecular formula is C18H16ClN3O4S. The van der Waals surface area contributed by atoms with Gasteiger partial charge in [0.15, 0.2) is 0 Å². The molecule has 3 aromatic rings. The van der Waals surface area contributed by atoms with Gasteiger partial charge in [0.1, 0.15) is 22.4 Å². The molecule has 4 rings (SSSR count). The van der Waals surface area contributed by atoms with Crippen LogP contribution in [0.3, 0.4) is 0 Å². The van der Waals surface area contributed by atoms with Gasteiger partial charge in [-0.3, -0.25) is 0 Å². The van der Waals surface area contributed by atoms with Gasteiger partial charge in [-0.25, -0.2) is 13.4 Å². The second-order valence-electron chi connectivity index (χ2n) is 6.21. The molecule has 0 saturated heterocycles. The number of hydrazone groups is 1. The number of nitrogens with zero attached hydrogens (tertiary/aromatic N) is 3. The van der Waals surface area contributed by atoms with Gasteiger partial charge in [0.25, 0.3) is 0 Å². The maximum Gasteiger partial charge on any atom is 0.247 e. The largest absolute Gasteiger partial charge is 0.497 e. The Kier molecular flexibility index (Phi) is 4.32. The van der Waals surface area contributed by atoms with Crippen LogP contribution >= 0.6 is 11.6 Å². The minimum absolute atomic E-state index is 0.238. The molecule has 1 unspecified atom stereocenters. The summed E-state index contributed by atoms with van der Waals surface area (Å²) in [6, 6.07) is 10.1. The summed E-state index contributed by atoms with van der Waals surface area (Å²) in [5.74, 6) is 1.20. The van der Waals surface area contributed by atoms with Crippen LogP contribution < -0.4 is 4.74 Å². The number of pyridine rings is 1. The van der Waals surface area contributed by atoms with Crippen LogP contribution in [0.2, 0.25) is 5.15 Å². The molecule has 0 saturated carbocycles. The van der Waals surface area contributed by atoms with Crippen LogP contribution in [0.15, 0.2) is 52.2 Å². The summed E-state index contributed by atoms with van der Waals surface area (Å²) in [5, 5.41) is 5.31. The Morgan fingerprint density at radius 2 is 2.11 bits per heavy atom. The van der Waals surface area contributed by atoms with Gasteiger partial charge >= 0.3 is 0 Å². The van der Waals surface area contributed by atoms with Crippen molar-refractivity contribution in [1.82, 2.24) is 9.40 Å². The number of methoxy groups -OCH3 is 1. The third kappa shape index (κ3) is 3.26. The normalized spacial score (nSPS) is 17.4. The van der Waals surface area contributed by atoms with Gasteiger partial charge in [-0.15, -0.1) is 0 Å². The molecule has 0 N–H and O–H groups in total. The highest BCUT2D eigenvalue weighted by molar-refractivity contribution is 7.88. The predicted molar refractivity (Wildman–Crippen MR) is 103 cm³/mol. The van der Waals surface area contributed by atoms with Crippen LogP contribution in [0, 0.1) is 0 Å². The number of furan rings is 1. The van der Waals surface area contributed by atoms with Gasteiger partial charge in [-0.1, -0.05) is 11.6 Å². The lowest BCUT2D eigenvalue weighted by Crippen LogP contribution is -2.26. The first-order valence-corrected chi connectivity index (χ1v) is 10.3. The van der Waals surface area contributed by atoms with Crippen molar-refractivity contribution in [3.05, 3.63) is 59.1 Å². The average molecular weight is 406 g/mol. The summed E-state index contributed by atoms with van der Waals surface area (Å²) >= 11 is 6.41.